The van der Waals surface area contributed by atoms with Crippen LogP contribution in [0.2, 0.25) is 0 Å². The van der Waals surface area contributed by atoms with E-state index in [2.05, 4.69) is 15.0 Å². The fraction of sp³-hybridized carbons (Fsp3) is 0.625. The molecule has 0 fully saturated rings. The van der Waals surface area contributed by atoms with E-state index in [0.717, 1.165) is 5.69 Å². The van der Waals surface area contributed by atoms with Gasteiger partial charge in [0.2, 0.25) is 10.0 Å². The van der Waals surface area contributed by atoms with E-state index in [1.165, 1.54) is 7.05 Å². The molecule has 0 radical (unpaired) electrons. The number of rotatable bonds is 6. The van der Waals surface area contributed by atoms with Crippen molar-refractivity contribution in [2.75, 3.05) is 19.3 Å². The summed E-state index contributed by atoms with van der Waals surface area (Å²) in [6.45, 7) is 1.05. The van der Waals surface area contributed by atoms with Crippen LogP contribution in [-0.4, -0.2) is 37.3 Å². The van der Waals surface area contributed by atoms with E-state index in [9.17, 15) is 8.42 Å². The van der Waals surface area contributed by atoms with Crippen LogP contribution in [0.25, 0.3) is 0 Å². The zero-order valence-electron chi connectivity index (χ0n) is 8.90. The highest BCUT2D eigenvalue weighted by molar-refractivity contribution is 7.89. The number of aromatic nitrogens is 2. The van der Waals surface area contributed by atoms with Gasteiger partial charge in [0.25, 0.3) is 0 Å². The third kappa shape index (κ3) is 3.98. The molecule has 1 aromatic heterocycles. The lowest BCUT2D eigenvalue weighted by atomic mass is 10.4. The van der Waals surface area contributed by atoms with Gasteiger partial charge in [-0.1, -0.05) is 0 Å². The molecule has 1 heterocycles. The zero-order chi connectivity index (χ0) is 11.3. The highest BCUT2D eigenvalue weighted by Crippen LogP contribution is 1.94. The molecule has 2 N–H and O–H groups in total. The smallest absolute Gasteiger partial charge is 0.212 e. The van der Waals surface area contributed by atoms with Gasteiger partial charge in [0.15, 0.2) is 0 Å². The Labute approximate surface area is 89.8 Å². The molecule has 0 saturated heterocycles. The molecule has 0 spiro atoms. The van der Waals surface area contributed by atoms with Crippen molar-refractivity contribution in [3.8, 4) is 0 Å². The maximum atomic E-state index is 11.1. The summed E-state index contributed by atoms with van der Waals surface area (Å²) in [5, 5.41) is 3.04. The van der Waals surface area contributed by atoms with Crippen LogP contribution in [0, 0.1) is 0 Å². The van der Waals surface area contributed by atoms with Crippen LogP contribution in [0.1, 0.15) is 5.69 Å². The van der Waals surface area contributed by atoms with Gasteiger partial charge >= 0.3 is 0 Å². The van der Waals surface area contributed by atoms with E-state index >= 15 is 0 Å². The average Bonchev–Trinajstić information content (AvgIpc) is 2.59. The molecule has 0 atom stereocenters. The normalized spacial score (nSPS) is 11.9. The Hall–Kier alpha value is -0.920. The van der Waals surface area contributed by atoms with Crippen LogP contribution in [0.15, 0.2) is 12.5 Å². The molecule has 0 aliphatic carbocycles. The number of sulfonamides is 1. The molecule has 0 amide bonds. The molecule has 1 rings (SSSR count). The average molecular weight is 232 g/mol. The third-order valence-corrected chi connectivity index (χ3v) is 3.44. The van der Waals surface area contributed by atoms with Crippen LogP contribution in [0.4, 0.5) is 0 Å². The van der Waals surface area contributed by atoms with Gasteiger partial charge in [-0.2, -0.15) is 0 Å². The van der Waals surface area contributed by atoms with Crippen LogP contribution >= 0.6 is 0 Å². The second-order valence-electron chi connectivity index (χ2n) is 3.20. The molecule has 1 aromatic rings. The predicted octanol–water partition coefficient (Wildman–Crippen LogP) is -0.941. The summed E-state index contributed by atoms with van der Waals surface area (Å²) >= 11 is 0. The van der Waals surface area contributed by atoms with Gasteiger partial charge in [0.1, 0.15) is 0 Å². The first kappa shape index (κ1) is 12.2. The van der Waals surface area contributed by atoms with Crippen molar-refractivity contribution < 1.29 is 8.42 Å². The van der Waals surface area contributed by atoms with Crippen molar-refractivity contribution in [1.82, 2.24) is 19.6 Å². The Morgan fingerprint density at radius 2 is 2.27 bits per heavy atom. The third-order valence-electron chi connectivity index (χ3n) is 2.08. The van der Waals surface area contributed by atoms with Crippen LogP contribution in [0.3, 0.4) is 0 Å². The first-order valence-corrected chi connectivity index (χ1v) is 6.27. The molecule has 0 saturated carbocycles. The van der Waals surface area contributed by atoms with Crippen LogP contribution in [0.5, 0.6) is 0 Å². The monoisotopic (exact) mass is 232 g/mol. The second kappa shape index (κ2) is 5.24. The Morgan fingerprint density at radius 1 is 1.53 bits per heavy atom. The predicted molar refractivity (Wildman–Crippen MR) is 57.8 cm³/mol. The van der Waals surface area contributed by atoms with E-state index in [0.29, 0.717) is 13.1 Å². The topological polar surface area (TPSA) is 76.0 Å². The number of hydrogen-bond donors (Lipinski definition) is 2. The molecular weight excluding hydrogens is 216 g/mol. The lowest BCUT2D eigenvalue weighted by Crippen LogP contribution is -2.29. The number of hydrogen-bond acceptors (Lipinski definition) is 4. The summed E-state index contributed by atoms with van der Waals surface area (Å²) in [7, 11) is 0.205. The Kier molecular flexibility index (Phi) is 4.25. The SMILES string of the molecule is CNS(=O)(=O)CCNCc1cncn1C. The number of aryl methyl sites for hydroxylation is 1. The summed E-state index contributed by atoms with van der Waals surface area (Å²) in [4.78, 5) is 3.96. The quantitative estimate of drug-likeness (QED) is 0.621. The first-order valence-electron chi connectivity index (χ1n) is 4.62. The van der Waals surface area contributed by atoms with Gasteiger partial charge in [0, 0.05) is 26.3 Å². The molecule has 6 nitrogen and oxygen atoms in total. The van der Waals surface area contributed by atoms with Crippen molar-refractivity contribution in [2.45, 2.75) is 6.54 Å². The Morgan fingerprint density at radius 3 is 2.80 bits per heavy atom. The summed E-state index contributed by atoms with van der Waals surface area (Å²) in [6, 6.07) is 0. The molecule has 0 aromatic carbocycles. The Balaban J connectivity index is 2.26. The van der Waals surface area contributed by atoms with E-state index in [-0.39, 0.29) is 5.75 Å². The fourth-order valence-corrected chi connectivity index (χ4v) is 1.70. The molecule has 0 aliphatic rings. The summed E-state index contributed by atoms with van der Waals surface area (Å²) < 4.78 is 26.3. The number of imidazole rings is 1. The van der Waals surface area contributed by atoms with Crippen molar-refractivity contribution in [2.24, 2.45) is 7.05 Å². The van der Waals surface area contributed by atoms with Crippen molar-refractivity contribution in [1.29, 1.82) is 0 Å². The fourth-order valence-electron chi connectivity index (χ4n) is 1.08. The molecule has 15 heavy (non-hydrogen) atoms. The second-order valence-corrected chi connectivity index (χ2v) is 5.24. The molecule has 86 valence electrons. The summed E-state index contributed by atoms with van der Waals surface area (Å²) in [5.41, 5.74) is 1.02. The standard InChI is InChI=1S/C8H16N4O2S/c1-9-15(13,14)4-3-10-5-8-6-11-7-12(8)2/h6-7,9-10H,3-5H2,1-2H3. The van der Waals surface area contributed by atoms with E-state index in [1.807, 2.05) is 11.6 Å². The maximum Gasteiger partial charge on any atom is 0.212 e. The zero-order valence-corrected chi connectivity index (χ0v) is 9.71. The van der Waals surface area contributed by atoms with Gasteiger partial charge in [-0.15, -0.1) is 0 Å². The lowest BCUT2D eigenvalue weighted by molar-refractivity contribution is 0.581. The maximum absolute atomic E-state index is 11.1. The van der Waals surface area contributed by atoms with E-state index in [1.54, 1.807) is 12.5 Å². The number of nitrogens with one attached hydrogen (secondary N) is 2. The van der Waals surface area contributed by atoms with Gasteiger partial charge in [0.05, 0.1) is 17.8 Å². The summed E-state index contributed by atoms with van der Waals surface area (Å²) in [5.74, 6) is 0.0847. The van der Waals surface area contributed by atoms with Gasteiger partial charge in [-0.25, -0.2) is 18.1 Å². The molecule has 0 unspecified atom stereocenters. The van der Waals surface area contributed by atoms with Gasteiger partial charge < -0.3 is 9.88 Å². The largest absolute Gasteiger partial charge is 0.337 e. The minimum Gasteiger partial charge on any atom is -0.337 e. The van der Waals surface area contributed by atoms with Gasteiger partial charge in [-0.05, 0) is 7.05 Å². The van der Waals surface area contributed by atoms with Crippen molar-refractivity contribution >= 4 is 10.0 Å². The van der Waals surface area contributed by atoms with Crippen molar-refractivity contribution in [3.05, 3.63) is 18.2 Å². The van der Waals surface area contributed by atoms with Crippen LogP contribution < -0.4 is 10.0 Å². The minimum atomic E-state index is -3.11. The first-order chi connectivity index (χ1) is 7.05. The van der Waals surface area contributed by atoms with E-state index < -0.39 is 10.0 Å². The minimum absolute atomic E-state index is 0.0847. The van der Waals surface area contributed by atoms with E-state index in [4.69, 9.17) is 0 Å². The molecule has 7 heteroatoms. The molecular formula is C8H16N4O2S. The Bertz CT molecular complexity index is 399. The highest BCUT2D eigenvalue weighted by Gasteiger charge is 2.05. The van der Waals surface area contributed by atoms with Crippen molar-refractivity contribution in [3.63, 3.8) is 0 Å². The number of nitrogens with zero attached hydrogens (tertiary/aromatic N) is 2. The van der Waals surface area contributed by atoms with Crippen LogP contribution in [-0.2, 0) is 23.6 Å². The summed E-state index contributed by atoms with van der Waals surface area (Å²) in [6.07, 6.45) is 3.46. The highest BCUT2D eigenvalue weighted by atomic mass is 32.2. The van der Waals surface area contributed by atoms with Gasteiger partial charge in [-0.3, -0.25) is 0 Å². The lowest BCUT2D eigenvalue weighted by Gasteiger charge is -2.05. The molecule has 0 bridgehead atoms. The molecule has 0 aliphatic heterocycles.